The average Bonchev–Trinajstić information content (AvgIpc) is 2.97. The largest absolute Gasteiger partial charge is 0.367 e. The van der Waals surface area contributed by atoms with Gasteiger partial charge in [-0.05, 0) is 6.07 Å². The van der Waals surface area contributed by atoms with Gasteiger partial charge in [0.2, 0.25) is 5.91 Å². The van der Waals surface area contributed by atoms with Gasteiger partial charge in [-0.2, -0.15) is 0 Å². The minimum Gasteiger partial charge on any atom is -0.367 e. The number of benzene rings is 1. The molecule has 5 nitrogen and oxygen atoms in total. The molecule has 0 bridgehead atoms. The third-order valence-electron chi connectivity index (χ3n) is 3.30. The number of hydrogen-bond acceptors (Lipinski definition) is 5. The summed E-state index contributed by atoms with van der Waals surface area (Å²) in [5, 5.41) is 3.48. The van der Waals surface area contributed by atoms with Crippen LogP contribution in [-0.4, -0.2) is 36.7 Å². The predicted octanol–water partition coefficient (Wildman–Crippen LogP) is 2.15. The van der Waals surface area contributed by atoms with E-state index in [1.54, 1.807) is 0 Å². The molecule has 0 radical (unpaired) electrons. The maximum atomic E-state index is 11.2. The lowest BCUT2D eigenvalue weighted by Crippen LogP contribution is -2.48. The number of ether oxygens (including phenoxy) is 1. The van der Waals surface area contributed by atoms with E-state index in [1.807, 2.05) is 34.5 Å². The maximum Gasteiger partial charge on any atom is 0.248 e. The molecule has 1 aliphatic heterocycles. The van der Waals surface area contributed by atoms with Crippen molar-refractivity contribution in [2.75, 3.05) is 24.6 Å². The molecule has 1 aromatic carbocycles. The summed E-state index contributed by atoms with van der Waals surface area (Å²) in [4.78, 5) is 17.9. The van der Waals surface area contributed by atoms with E-state index in [0.717, 1.165) is 16.4 Å². The minimum absolute atomic E-state index is 0.435. The number of carbonyl (C=O) groups is 1. The van der Waals surface area contributed by atoms with Crippen molar-refractivity contribution < 1.29 is 9.53 Å². The second-order valence-electron chi connectivity index (χ2n) is 4.70. The number of thiazole rings is 1. The van der Waals surface area contributed by atoms with Crippen molar-refractivity contribution in [1.82, 2.24) is 4.98 Å². The molecule has 1 amide bonds. The van der Waals surface area contributed by atoms with E-state index in [-0.39, 0.29) is 0 Å². The summed E-state index contributed by atoms with van der Waals surface area (Å²) in [6.07, 6.45) is -0.577. The number of amides is 1. The van der Waals surface area contributed by atoms with E-state index in [9.17, 15) is 4.79 Å². The quantitative estimate of drug-likeness (QED) is 0.939. The first-order valence-corrected chi connectivity index (χ1v) is 7.77. The molecule has 1 aromatic heterocycles. The van der Waals surface area contributed by atoms with Crippen LogP contribution < -0.4 is 10.6 Å². The molecule has 3 rings (SSSR count). The Bertz CT molecular complexity index is 661. The van der Waals surface area contributed by atoms with Crippen molar-refractivity contribution in [3.63, 3.8) is 0 Å². The number of aromatic nitrogens is 1. The SMILES string of the molecule is NC(=O)C1CN(c2nc(-c3ccccc3Cl)cs2)CCO1. The number of primary amides is 1. The van der Waals surface area contributed by atoms with Gasteiger partial charge < -0.3 is 15.4 Å². The van der Waals surface area contributed by atoms with E-state index >= 15 is 0 Å². The lowest BCUT2D eigenvalue weighted by molar-refractivity contribution is -0.130. The monoisotopic (exact) mass is 323 g/mol. The van der Waals surface area contributed by atoms with Crippen LogP contribution in [0.25, 0.3) is 11.3 Å². The Morgan fingerprint density at radius 1 is 1.48 bits per heavy atom. The molecule has 2 N–H and O–H groups in total. The molecule has 2 heterocycles. The van der Waals surface area contributed by atoms with Crippen LogP contribution in [0.4, 0.5) is 5.13 Å². The van der Waals surface area contributed by atoms with Crippen molar-refractivity contribution in [2.45, 2.75) is 6.10 Å². The third-order valence-corrected chi connectivity index (χ3v) is 4.53. The van der Waals surface area contributed by atoms with Gasteiger partial charge in [0, 0.05) is 22.5 Å². The van der Waals surface area contributed by atoms with E-state index in [4.69, 9.17) is 22.1 Å². The van der Waals surface area contributed by atoms with Gasteiger partial charge in [-0.25, -0.2) is 4.98 Å². The van der Waals surface area contributed by atoms with Gasteiger partial charge in [0.1, 0.15) is 0 Å². The lowest BCUT2D eigenvalue weighted by atomic mass is 10.2. The predicted molar refractivity (Wildman–Crippen MR) is 83.7 cm³/mol. The lowest BCUT2D eigenvalue weighted by Gasteiger charge is -2.30. The molecule has 110 valence electrons. The number of nitrogens with two attached hydrogens (primary N) is 1. The van der Waals surface area contributed by atoms with E-state index in [0.29, 0.717) is 24.7 Å². The van der Waals surface area contributed by atoms with Crippen LogP contribution in [-0.2, 0) is 9.53 Å². The fraction of sp³-hybridized carbons (Fsp3) is 0.286. The highest BCUT2D eigenvalue weighted by molar-refractivity contribution is 7.14. The molecule has 21 heavy (non-hydrogen) atoms. The molecule has 2 aromatic rings. The summed E-state index contributed by atoms with van der Waals surface area (Å²) >= 11 is 7.71. The molecule has 1 atom stereocenters. The highest BCUT2D eigenvalue weighted by atomic mass is 35.5. The molecule has 1 unspecified atom stereocenters. The van der Waals surface area contributed by atoms with Crippen LogP contribution in [0.15, 0.2) is 29.6 Å². The normalized spacial score (nSPS) is 18.7. The summed E-state index contributed by atoms with van der Waals surface area (Å²) in [6, 6.07) is 7.59. The number of morpholine rings is 1. The van der Waals surface area contributed by atoms with E-state index in [2.05, 4.69) is 4.98 Å². The zero-order chi connectivity index (χ0) is 14.8. The fourth-order valence-electron chi connectivity index (χ4n) is 2.20. The van der Waals surface area contributed by atoms with Crippen LogP contribution >= 0.6 is 22.9 Å². The van der Waals surface area contributed by atoms with Crippen LogP contribution in [0.3, 0.4) is 0 Å². The van der Waals surface area contributed by atoms with Gasteiger partial charge >= 0.3 is 0 Å². The van der Waals surface area contributed by atoms with Crippen LogP contribution in [0.5, 0.6) is 0 Å². The van der Waals surface area contributed by atoms with Crippen molar-refractivity contribution in [3.05, 3.63) is 34.7 Å². The summed E-state index contributed by atoms with van der Waals surface area (Å²) in [5.74, 6) is -0.442. The number of rotatable bonds is 3. The van der Waals surface area contributed by atoms with Gasteiger partial charge in [-0.15, -0.1) is 11.3 Å². The van der Waals surface area contributed by atoms with E-state index < -0.39 is 12.0 Å². The molecular formula is C14H14ClN3O2S. The van der Waals surface area contributed by atoms with Gasteiger partial charge in [-0.1, -0.05) is 29.8 Å². The Balaban J connectivity index is 1.82. The number of hydrogen-bond donors (Lipinski definition) is 1. The molecular weight excluding hydrogens is 310 g/mol. The average molecular weight is 324 g/mol. The van der Waals surface area contributed by atoms with Crippen molar-refractivity contribution in [2.24, 2.45) is 5.73 Å². The van der Waals surface area contributed by atoms with Crippen LogP contribution in [0, 0.1) is 0 Å². The number of carbonyl (C=O) groups excluding carboxylic acids is 1. The standard InChI is InChI=1S/C14H14ClN3O2S/c15-10-4-2-1-3-9(10)11-8-21-14(17-11)18-5-6-20-12(7-18)13(16)19/h1-4,8,12H,5-7H2,(H2,16,19). The van der Waals surface area contributed by atoms with Gasteiger partial charge in [0.25, 0.3) is 0 Å². The maximum absolute atomic E-state index is 11.2. The Labute approximate surface area is 131 Å². The third kappa shape index (κ3) is 3.02. The van der Waals surface area contributed by atoms with Crippen LogP contribution in [0.1, 0.15) is 0 Å². The molecule has 7 heteroatoms. The zero-order valence-corrected chi connectivity index (χ0v) is 12.7. The fourth-order valence-corrected chi connectivity index (χ4v) is 3.29. The Morgan fingerprint density at radius 2 is 2.29 bits per heavy atom. The molecule has 0 aliphatic carbocycles. The summed E-state index contributed by atoms with van der Waals surface area (Å²) in [5.41, 5.74) is 7.04. The molecule has 0 spiro atoms. The van der Waals surface area contributed by atoms with Crippen molar-refractivity contribution >= 4 is 34.0 Å². The second kappa shape index (κ2) is 6.01. The van der Waals surface area contributed by atoms with Gasteiger partial charge in [0.15, 0.2) is 11.2 Å². The number of halogens is 1. The second-order valence-corrected chi connectivity index (χ2v) is 5.95. The molecule has 1 aliphatic rings. The Hall–Kier alpha value is -1.63. The molecule has 1 fully saturated rings. The van der Waals surface area contributed by atoms with E-state index in [1.165, 1.54) is 11.3 Å². The Kier molecular flexibility index (Phi) is 4.10. The molecule has 1 saturated heterocycles. The highest BCUT2D eigenvalue weighted by Gasteiger charge is 2.26. The highest BCUT2D eigenvalue weighted by Crippen LogP contribution is 2.32. The van der Waals surface area contributed by atoms with Crippen LogP contribution in [0.2, 0.25) is 5.02 Å². The summed E-state index contributed by atoms with van der Waals surface area (Å²) < 4.78 is 5.34. The summed E-state index contributed by atoms with van der Waals surface area (Å²) in [6.45, 7) is 1.60. The molecule has 0 saturated carbocycles. The van der Waals surface area contributed by atoms with Crippen molar-refractivity contribution in [3.8, 4) is 11.3 Å². The topological polar surface area (TPSA) is 68.5 Å². The first-order valence-electron chi connectivity index (χ1n) is 6.51. The summed E-state index contributed by atoms with van der Waals surface area (Å²) in [7, 11) is 0. The number of anilines is 1. The van der Waals surface area contributed by atoms with Crippen molar-refractivity contribution in [1.29, 1.82) is 0 Å². The first-order chi connectivity index (χ1) is 10.1. The first kappa shape index (κ1) is 14.3. The Morgan fingerprint density at radius 3 is 3.05 bits per heavy atom. The smallest absolute Gasteiger partial charge is 0.248 e. The minimum atomic E-state index is -0.577. The number of nitrogens with zero attached hydrogens (tertiary/aromatic N) is 2. The van der Waals surface area contributed by atoms with Gasteiger partial charge in [-0.3, -0.25) is 4.79 Å². The van der Waals surface area contributed by atoms with Gasteiger partial charge in [0.05, 0.1) is 18.8 Å². The zero-order valence-electron chi connectivity index (χ0n) is 11.2.